The molecular weight excluding hydrogens is 326 g/mol. The molecule has 1 aliphatic carbocycles. The lowest BCUT2D eigenvalue weighted by atomic mass is 10.0. The van der Waals surface area contributed by atoms with E-state index in [4.69, 9.17) is 0 Å². The molecule has 1 spiro atoms. The molecule has 1 N–H and O–H groups in total. The molecule has 5 nitrogen and oxygen atoms in total. The first-order chi connectivity index (χ1) is 12.6. The molecule has 1 aromatic heterocycles. The first-order valence-corrected chi connectivity index (χ1v) is 9.10. The predicted octanol–water partition coefficient (Wildman–Crippen LogP) is 2.56. The van der Waals surface area contributed by atoms with Crippen molar-refractivity contribution in [1.29, 1.82) is 0 Å². The number of amides is 2. The van der Waals surface area contributed by atoms with Crippen LogP contribution >= 0.6 is 0 Å². The van der Waals surface area contributed by atoms with E-state index in [0.717, 1.165) is 36.1 Å². The number of rotatable bonds is 4. The van der Waals surface area contributed by atoms with Crippen LogP contribution in [0.3, 0.4) is 0 Å². The topological polar surface area (TPSA) is 62.3 Å². The molecule has 2 aliphatic rings. The minimum absolute atomic E-state index is 0.0154. The highest BCUT2D eigenvalue weighted by molar-refractivity contribution is 5.95. The second-order valence-corrected chi connectivity index (χ2v) is 7.54. The summed E-state index contributed by atoms with van der Waals surface area (Å²) in [5, 5.41) is 3.01. The molecule has 4 rings (SSSR count). The molecule has 1 aromatic carbocycles. The average Bonchev–Trinajstić information content (AvgIpc) is 3.20. The normalized spacial score (nSPS) is 23.9. The Hall–Kier alpha value is -2.69. The minimum Gasteiger partial charge on any atom is -0.352 e. The van der Waals surface area contributed by atoms with E-state index in [-0.39, 0.29) is 23.1 Å². The van der Waals surface area contributed by atoms with Gasteiger partial charge in [-0.2, -0.15) is 0 Å². The standard InChI is InChI=1S/C21H23N3O2/c1-15-4-2-6-17(10-15)20(26)24-9-7-21(14-24)11-18(21)19(25)23-13-16-5-3-8-22-12-16/h2-6,8,10,12,18H,7,9,11,13-14H2,1H3,(H,23,25)/t18-,21-/m0/s1. The monoisotopic (exact) mass is 349 g/mol. The molecule has 2 heterocycles. The maximum absolute atomic E-state index is 12.7. The van der Waals surface area contributed by atoms with E-state index < -0.39 is 0 Å². The van der Waals surface area contributed by atoms with Gasteiger partial charge in [-0.25, -0.2) is 0 Å². The number of nitrogens with one attached hydrogen (secondary N) is 1. The summed E-state index contributed by atoms with van der Waals surface area (Å²) in [6.07, 6.45) is 5.28. The molecule has 0 radical (unpaired) electrons. The fraction of sp³-hybridized carbons (Fsp3) is 0.381. The van der Waals surface area contributed by atoms with Gasteiger partial charge in [-0.05, 0) is 43.5 Å². The van der Waals surface area contributed by atoms with Crippen LogP contribution in [-0.2, 0) is 11.3 Å². The summed E-state index contributed by atoms with van der Waals surface area (Å²) < 4.78 is 0. The second-order valence-electron chi connectivity index (χ2n) is 7.54. The lowest BCUT2D eigenvalue weighted by Crippen LogP contribution is -2.31. The minimum atomic E-state index is -0.0154. The zero-order valence-electron chi connectivity index (χ0n) is 14.9. The largest absolute Gasteiger partial charge is 0.352 e. The summed E-state index contributed by atoms with van der Waals surface area (Å²) in [5.74, 6) is 0.195. The maximum atomic E-state index is 12.7. The van der Waals surface area contributed by atoms with Crippen molar-refractivity contribution >= 4 is 11.8 Å². The lowest BCUT2D eigenvalue weighted by molar-refractivity contribution is -0.123. The van der Waals surface area contributed by atoms with Crippen molar-refractivity contribution in [3.8, 4) is 0 Å². The molecule has 0 bridgehead atoms. The van der Waals surface area contributed by atoms with Crippen molar-refractivity contribution in [2.75, 3.05) is 13.1 Å². The number of benzene rings is 1. The van der Waals surface area contributed by atoms with Crippen LogP contribution in [0, 0.1) is 18.3 Å². The Kier molecular flexibility index (Phi) is 4.23. The van der Waals surface area contributed by atoms with Gasteiger partial charge < -0.3 is 10.2 Å². The van der Waals surface area contributed by atoms with Crippen molar-refractivity contribution in [1.82, 2.24) is 15.2 Å². The van der Waals surface area contributed by atoms with Gasteiger partial charge in [0.1, 0.15) is 0 Å². The SMILES string of the molecule is Cc1cccc(C(=O)N2CC[C@]3(C[C@H]3C(=O)NCc3cccnc3)C2)c1. The first-order valence-electron chi connectivity index (χ1n) is 9.10. The van der Waals surface area contributed by atoms with Crippen molar-refractivity contribution in [3.63, 3.8) is 0 Å². The maximum Gasteiger partial charge on any atom is 0.253 e. The molecule has 5 heteroatoms. The molecular formula is C21H23N3O2. The third kappa shape index (κ3) is 3.21. The molecule has 1 saturated heterocycles. The van der Waals surface area contributed by atoms with Gasteiger partial charge in [-0.15, -0.1) is 0 Å². The van der Waals surface area contributed by atoms with E-state index in [0.29, 0.717) is 13.1 Å². The van der Waals surface area contributed by atoms with Crippen LogP contribution in [0.2, 0.25) is 0 Å². The van der Waals surface area contributed by atoms with Gasteiger partial charge in [0.05, 0.1) is 0 Å². The average molecular weight is 349 g/mol. The highest BCUT2D eigenvalue weighted by atomic mass is 16.2. The molecule has 0 unspecified atom stereocenters. The molecule has 134 valence electrons. The number of hydrogen-bond acceptors (Lipinski definition) is 3. The van der Waals surface area contributed by atoms with Crippen LogP contribution in [-0.4, -0.2) is 34.8 Å². The fourth-order valence-electron chi connectivity index (χ4n) is 4.01. The lowest BCUT2D eigenvalue weighted by Gasteiger charge is -2.17. The summed E-state index contributed by atoms with van der Waals surface area (Å²) in [7, 11) is 0. The van der Waals surface area contributed by atoms with Crippen LogP contribution in [0.25, 0.3) is 0 Å². The Morgan fingerprint density at radius 2 is 2.19 bits per heavy atom. The summed E-state index contributed by atoms with van der Waals surface area (Å²) in [6.45, 7) is 3.92. The Bertz CT molecular complexity index is 836. The molecule has 1 aliphatic heterocycles. The molecule has 2 atom stereocenters. The van der Waals surface area contributed by atoms with Gasteiger partial charge in [0.2, 0.25) is 5.91 Å². The number of likely N-dealkylation sites (tertiary alicyclic amines) is 1. The zero-order chi connectivity index (χ0) is 18.1. The Balaban J connectivity index is 1.34. The quantitative estimate of drug-likeness (QED) is 0.923. The number of aryl methyl sites for hydroxylation is 1. The third-order valence-electron chi connectivity index (χ3n) is 5.63. The smallest absolute Gasteiger partial charge is 0.253 e. The Labute approximate surface area is 153 Å². The van der Waals surface area contributed by atoms with E-state index in [9.17, 15) is 9.59 Å². The summed E-state index contributed by atoms with van der Waals surface area (Å²) in [6, 6.07) is 11.5. The van der Waals surface area contributed by atoms with Crippen LogP contribution < -0.4 is 5.32 Å². The van der Waals surface area contributed by atoms with Gasteiger partial charge in [0, 0.05) is 48.9 Å². The zero-order valence-corrected chi connectivity index (χ0v) is 14.9. The third-order valence-corrected chi connectivity index (χ3v) is 5.63. The van der Waals surface area contributed by atoms with Crippen LogP contribution in [0.4, 0.5) is 0 Å². The predicted molar refractivity (Wildman–Crippen MR) is 98.3 cm³/mol. The number of pyridine rings is 1. The van der Waals surface area contributed by atoms with E-state index in [2.05, 4.69) is 10.3 Å². The highest BCUT2D eigenvalue weighted by Crippen LogP contribution is 2.58. The van der Waals surface area contributed by atoms with Crippen molar-refractivity contribution in [2.45, 2.75) is 26.3 Å². The number of carbonyl (C=O) groups is 2. The Morgan fingerprint density at radius 3 is 2.96 bits per heavy atom. The highest BCUT2D eigenvalue weighted by Gasteiger charge is 2.61. The summed E-state index contributed by atoms with van der Waals surface area (Å²) >= 11 is 0. The number of aromatic nitrogens is 1. The molecule has 2 fully saturated rings. The van der Waals surface area contributed by atoms with Crippen LogP contribution in [0.5, 0.6) is 0 Å². The first kappa shape index (κ1) is 16.8. The van der Waals surface area contributed by atoms with E-state index in [1.807, 2.05) is 48.2 Å². The van der Waals surface area contributed by atoms with Gasteiger partial charge in [-0.1, -0.05) is 23.8 Å². The van der Waals surface area contributed by atoms with Gasteiger partial charge in [-0.3, -0.25) is 14.6 Å². The van der Waals surface area contributed by atoms with Crippen molar-refractivity contribution < 1.29 is 9.59 Å². The van der Waals surface area contributed by atoms with Crippen molar-refractivity contribution in [3.05, 3.63) is 65.5 Å². The van der Waals surface area contributed by atoms with E-state index >= 15 is 0 Å². The van der Waals surface area contributed by atoms with Crippen molar-refractivity contribution in [2.24, 2.45) is 11.3 Å². The molecule has 1 saturated carbocycles. The van der Waals surface area contributed by atoms with E-state index in [1.54, 1.807) is 12.4 Å². The van der Waals surface area contributed by atoms with Gasteiger partial charge in [0.25, 0.3) is 5.91 Å². The van der Waals surface area contributed by atoms with E-state index in [1.165, 1.54) is 0 Å². The molecule has 26 heavy (non-hydrogen) atoms. The molecule has 2 amide bonds. The van der Waals surface area contributed by atoms with Crippen LogP contribution in [0.1, 0.15) is 34.3 Å². The summed E-state index contributed by atoms with van der Waals surface area (Å²) in [5.41, 5.74) is 2.81. The molecule has 2 aromatic rings. The van der Waals surface area contributed by atoms with Gasteiger partial charge >= 0.3 is 0 Å². The summed E-state index contributed by atoms with van der Waals surface area (Å²) in [4.78, 5) is 31.2. The second kappa shape index (κ2) is 6.56. The Morgan fingerprint density at radius 1 is 1.31 bits per heavy atom. The van der Waals surface area contributed by atoms with Crippen LogP contribution in [0.15, 0.2) is 48.8 Å². The fourth-order valence-corrected chi connectivity index (χ4v) is 4.01. The number of nitrogens with zero attached hydrogens (tertiary/aromatic N) is 2. The van der Waals surface area contributed by atoms with Gasteiger partial charge in [0.15, 0.2) is 0 Å². The number of carbonyl (C=O) groups excluding carboxylic acids is 2. The number of hydrogen-bond donors (Lipinski definition) is 1.